The number of β-amino-alcohol motifs (C(OH)–C–C–N with tert-alkyl or cyclic N) is 1. The van der Waals surface area contributed by atoms with Crippen LogP contribution in [-0.2, 0) is 4.79 Å². The fourth-order valence-electron chi connectivity index (χ4n) is 1.93. The quantitative estimate of drug-likeness (QED) is 0.731. The summed E-state index contributed by atoms with van der Waals surface area (Å²) in [5.41, 5.74) is 0.227. The van der Waals surface area contributed by atoms with Gasteiger partial charge in [-0.25, -0.2) is 4.79 Å². The SMILES string of the molecule is Cc1oncc1C(=O)N1C[C@H](O)C[C@H]1C(=O)O. The summed E-state index contributed by atoms with van der Waals surface area (Å²) in [5.74, 6) is -1.27. The fourth-order valence-corrected chi connectivity index (χ4v) is 1.93. The highest BCUT2D eigenvalue weighted by atomic mass is 16.5. The van der Waals surface area contributed by atoms with Crippen molar-refractivity contribution in [2.75, 3.05) is 6.54 Å². The van der Waals surface area contributed by atoms with Gasteiger partial charge in [0.05, 0.1) is 12.3 Å². The molecular formula is C10H12N2O5. The molecule has 1 amide bonds. The summed E-state index contributed by atoms with van der Waals surface area (Å²) < 4.78 is 4.76. The minimum absolute atomic E-state index is 0.0143. The van der Waals surface area contributed by atoms with Gasteiger partial charge in [0.1, 0.15) is 17.4 Å². The van der Waals surface area contributed by atoms with Crippen LogP contribution in [0.5, 0.6) is 0 Å². The molecule has 0 unspecified atom stereocenters. The van der Waals surface area contributed by atoms with Crippen LogP contribution < -0.4 is 0 Å². The molecule has 0 bridgehead atoms. The van der Waals surface area contributed by atoms with Crippen LogP contribution in [0, 0.1) is 6.92 Å². The molecule has 17 heavy (non-hydrogen) atoms. The maximum absolute atomic E-state index is 12.0. The fraction of sp³-hybridized carbons (Fsp3) is 0.500. The number of nitrogens with zero attached hydrogens (tertiary/aromatic N) is 2. The summed E-state index contributed by atoms with van der Waals surface area (Å²) in [6.07, 6.45) is 0.493. The van der Waals surface area contributed by atoms with Gasteiger partial charge in [-0.05, 0) is 6.92 Å². The molecule has 2 atom stereocenters. The number of carbonyl (C=O) groups excluding carboxylic acids is 1. The lowest BCUT2D eigenvalue weighted by Gasteiger charge is -2.20. The van der Waals surface area contributed by atoms with Gasteiger partial charge >= 0.3 is 5.97 Å². The molecule has 1 fully saturated rings. The van der Waals surface area contributed by atoms with Gasteiger partial charge in [-0.2, -0.15) is 0 Å². The number of aromatic nitrogens is 1. The van der Waals surface area contributed by atoms with Crippen LogP contribution in [0.15, 0.2) is 10.7 Å². The Hall–Kier alpha value is -1.89. The number of aryl methyl sites for hydroxylation is 1. The summed E-state index contributed by atoms with van der Waals surface area (Å²) in [6.45, 7) is 1.59. The molecule has 92 valence electrons. The molecule has 0 saturated carbocycles. The Labute approximate surface area is 96.6 Å². The number of likely N-dealkylation sites (tertiary alicyclic amines) is 1. The van der Waals surface area contributed by atoms with Gasteiger partial charge in [0, 0.05) is 13.0 Å². The van der Waals surface area contributed by atoms with Crippen LogP contribution in [0.25, 0.3) is 0 Å². The van der Waals surface area contributed by atoms with Crippen LogP contribution >= 0.6 is 0 Å². The van der Waals surface area contributed by atoms with E-state index in [9.17, 15) is 14.7 Å². The number of hydrogen-bond donors (Lipinski definition) is 2. The highest BCUT2D eigenvalue weighted by Gasteiger charge is 2.40. The van der Waals surface area contributed by atoms with Crippen LogP contribution in [0.4, 0.5) is 0 Å². The van der Waals surface area contributed by atoms with Gasteiger partial charge in [-0.15, -0.1) is 0 Å². The van der Waals surface area contributed by atoms with E-state index in [1.54, 1.807) is 6.92 Å². The van der Waals surface area contributed by atoms with E-state index >= 15 is 0 Å². The number of aliphatic carboxylic acids is 1. The number of carbonyl (C=O) groups is 2. The third kappa shape index (κ3) is 2.01. The lowest BCUT2D eigenvalue weighted by molar-refractivity contribution is -0.141. The Bertz CT molecular complexity index is 455. The summed E-state index contributed by atoms with van der Waals surface area (Å²) in [7, 11) is 0. The molecule has 0 radical (unpaired) electrons. The monoisotopic (exact) mass is 240 g/mol. The molecule has 7 nitrogen and oxygen atoms in total. The molecular weight excluding hydrogens is 228 g/mol. The largest absolute Gasteiger partial charge is 0.480 e. The Morgan fingerprint density at radius 3 is 2.82 bits per heavy atom. The number of amides is 1. The van der Waals surface area contributed by atoms with Crippen molar-refractivity contribution >= 4 is 11.9 Å². The Morgan fingerprint density at radius 2 is 2.29 bits per heavy atom. The number of rotatable bonds is 2. The first-order valence-corrected chi connectivity index (χ1v) is 5.14. The number of carboxylic acid groups (broad SMARTS) is 1. The highest BCUT2D eigenvalue weighted by Crippen LogP contribution is 2.22. The van der Waals surface area contributed by atoms with E-state index < -0.39 is 24.0 Å². The number of hydrogen-bond acceptors (Lipinski definition) is 5. The molecule has 1 aromatic rings. The van der Waals surface area contributed by atoms with Crippen LogP contribution in [0.1, 0.15) is 22.5 Å². The van der Waals surface area contributed by atoms with Crippen LogP contribution in [0.2, 0.25) is 0 Å². The minimum Gasteiger partial charge on any atom is -0.480 e. The maximum atomic E-state index is 12.0. The number of aliphatic hydroxyl groups excluding tert-OH is 1. The average molecular weight is 240 g/mol. The van der Waals surface area contributed by atoms with E-state index in [2.05, 4.69) is 5.16 Å². The van der Waals surface area contributed by atoms with Crippen molar-refractivity contribution in [3.05, 3.63) is 17.5 Å². The third-order valence-corrected chi connectivity index (χ3v) is 2.81. The maximum Gasteiger partial charge on any atom is 0.326 e. The highest BCUT2D eigenvalue weighted by molar-refractivity contribution is 5.97. The summed E-state index contributed by atoms with van der Waals surface area (Å²) >= 11 is 0. The lowest BCUT2D eigenvalue weighted by atomic mass is 10.2. The average Bonchev–Trinajstić information content (AvgIpc) is 2.83. The van der Waals surface area contributed by atoms with Crippen LogP contribution in [0.3, 0.4) is 0 Å². The zero-order valence-corrected chi connectivity index (χ0v) is 9.16. The minimum atomic E-state index is -1.12. The van der Waals surface area contributed by atoms with E-state index in [1.165, 1.54) is 6.20 Å². The van der Waals surface area contributed by atoms with Gasteiger partial charge in [-0.3, -0.25) is 4.79 Å². The molecule has 1 aliphatic heterocycles. The number of carboxylic acids is 1. The molecule has 0 aliphatic carbocycles. The summed E-state index contributed by atoms with van der Waals surface area (Å²) in [6, 6.07) is -0.994. The molecule has 0 aromatic carbocycles. The van der Waals surface area contributed by atoms with Gasteiger partial charge in [0.2, 0.25) is 0 Å². The number of aliphatic hydroxyl groups is 1. The zero-order chi connectivity index (χ0) is 12.6. The lowest BCUT2D eigenvalue weighted by Crippen LogP contribution is -2.40. The molecule has 2 N–H and O–H groups in total. The van der Waals surface area contributed by atoms with Crippen molar-refractivity contribution in [2.45, 2.75) is 25.5 Å². The van der Waals surface area contributed by atoms with E-state index in [1.807, 2.05) is 0 Å². The van der Waals surface area contributed by atoms with Crippen molar-refractivity contribution in [3.63, 3.8) is 0 Å². The van der Waals surface area contributed by atoms with E-state index in [4.69, 9.17) is 9.63 Å². The molecule has 1 aliphatic rings. The molecule has 7 heteroatoms. The smallest absolute Gasteiger partial charge is 0.326 e. The van der Waals surface area contributed by atoms with E-state index in [0.29, 0.717) is 5.76 Å². The van der Waals surface area contributed by atoms with Gasteiger partial charge in [0.25, 0.3) is 5.91 Å². The van der Waals surface area contributed by atoms with Gasteiger partial charge in [0.15, 0.2) is 0 Å². The predicted molar refractivity (Wildman–Crippen MR) is 54.3 cm³/mol. The third-order valence-electron chi connectivity index (χ3n) is 2.81. The molecule has 1 saturated heterocycles. The van der Waals surface area contributed by atoms with Crippen molar-refractivity contribution in [2.24, 2.45) is 0 Å². The first kappa shape index (κ1) is 11.6. The molecule has 2 rings (SSSR count). The van der Waals surface area contributed by atoms with E-state index in [0.717, 1.165) is 4.90 Å². The normalized spacial score (nSPS) is 24.0. The standard InChI is InChI=1S/C10H12N2O5/c1-5-7(3-11-17-5)9(14)12-4-6(13)2-8(12)10(15)16/h3,6,8,13H,2,4H2,1H3,(H,15,16)/t6-,8+/m1/s1. The first-order valence-electron chi connectivity index (χ1n) is 5.14. The van der Waals surface area contributed by atoms with Crippen molar-refractivity contribution < 1.29 is 24.3 Å². The summed E-state index contributed by atoms with van der Waals surface area (Å²) in [4.78, 5) is 24.1. The van der Waals surface area contributed by atoms with E-state index in [-0.39, 0.29) is 18.5 Å². The van der Waals surface area contributed by atoms with Crippen molar-refractivity contribution in [3.8, 4) is 0 Å². The second-order valence-electron chi connectivity index (χ2n) is 4.00. The summed E-state index contributed by atoms with van der Waals surface area (Å²) in [5, 5.41) is 21.9. The first-order chi connectivity index (χ1) is 8.00. The van der Waals surface area contributed by atoms with Gasteiger partial charge < -0.3 is 19.6 Å². The molecule has 1 aromatic heterocycles. The molecule has 2 heterocycles. The molecule has 0 spiro atoms. The Balaban J connectivity index is 2.25. The zero-order valence-electron chi connectivity index (χ0n) is 9.16. The second-order valence-corrected chi connectivity index (χ2v) is 4.00. The van der Waals surface area contributed by atoms with Gasteiger partial charge in [-0.1, -0.05) is 5.16 Å². The van der Waals surface area contributed by atoms with Crippen molar-refractivity contribution in [1.29, 1.82) is 0 Å². The topological polar surface area (TPSA) is 104 Å². The Kier molecular flexibility index (Phi) is 2.84. The van der Waals surface area contributed by atoms with Crippen molar-refractivity contribution in [1.82, 2.24) is 10.1 Å². The predicted octanol–water partition coefficient (Wildman–Crippen LogP) is -0.357. The van der Waals surface area contributed by atoms with Crippen LogP contribution in [-0.4, -0.2) is 50.8 Å². The second kappa shape index (κ2) is 4.17. The Morgan fingerprint density at radius 1 is 1.59 bits per heavy atom.